The van der Waals surface area contributed by atoms with E-state index in [4.69, 9.17) is 0 Å². The lowest BCUT2D eigenvalue weighted by Crippen LogP contribution is -1.91. The summed E-state index contributed by atoms with van der Waals surface area (Å²) in [5, 5.41) is 9.33. The lowest BCUT2D eigenvalue weighted by molar-refractivity contribution is 0.199. The van der Waals surface area contributed by atoms with Crippen LogP contribution in [0, 0.1) is 0 Å². The minimum atomic E-state index is -0.348. The Hall–Kier alpha value is -0.820. The molecule has 0 unspecified atom stereocenters. The summed E-state index contributed by atoms with van der Waals surface area (Å²) in [6, 6.07) is 8.29. The van der Waals surface area contributed by atoms with Gasteiger partial charge in [0.05, 0.1) is 6.10 Å². The number of hydrogen-bond donors (Lipinski definition) is 1. The predicted molar refractivity (Wildman–Crippen MR) is 60.3 cm³/mol. The first kappa shape index (κ1) is 11.3. The SMILES string of the molecule is CCCCCc1ccc([C@@H](C)O)cc1. The van der Waals surface area contributed by atoms with Crippen LogP contribution in [-0.4, -0.2) is 5.11 Å². The van der Waals surface area contributed by atoms with Gasteiger partial charge in [-0.1, -0.05) is 44.0 Å². The number of rotatable bonds is 5. The van der Waals surface area contributed by atoms with Crippen molar-refractivity contribution in [1.82, 2.24) is 0 Å². The van der Waals surface area contributed by atoms with Crippen LogP contribution >= 0.6 is 0 Å². The average Bonchev–Trinajstić information content (AvgIpc) is 2.19. The van der Waals surface area contributed by atoms with Crippen molar-refractivity contribution in [3.05, 3.63) is 35.4 Å². The minimum absolute atomic E-state index is 0.348. The van der Waals surface area contributed by atoms with Crippen LogP contribution in [0.4, 0.5) is 0 Å². The van der Waals surface area contributed by atoms with Gasteiger partial charge in [-0.05, 0) is 30.9 Å². The maximum atomic E-state index is 9.33. The molecule has 0 saturated carbocycles. The van der Waals surface area contributed by atoms with Gasteiger partial charge >= 0.3 is 0 Å². The molecule has 1 N–H and O–H groups in total. The van der Waals surface area contributed by atoms with Crippen molar-refractivity contribution in [3.8, 4) is 0 Å². The van der Waals surface area contributed by atoms with Crippen LogP contribution < -0.4 is 0 Å². The second-order valence-corrected chi connectivity index (χ2v) is 3.87. The smallest absolute Gasteiger partial charge is 0.0761 e. The molecule has 1 aromatic rings. The van der Waals surface area contributed by atoms with Gasteiger partial charge in [-0.25, -0.2) is 0 Å². The zero-order chi connectivity index (χ0) is 10.4. The zero-order valence-electron chi connectivity index (χ0n) is 9.16. The third-order valence-electron chi connectivity index (χ3n) is 2.53. The Morgan fingerprint density at radius 3 is 2.29 bits per heavy atom. The molecule has 0 aliphatic carbocycles. The van der Waals surface area contributed by atoms with Crippen molar-refractivity contribution in [2.75, 3.05) is 0 Å². The first-order valence-electron chi connectivity index (χ1n) is 5.51. The summed E-state index contributed by atoms with van der Waals surface area (Å²) in [6.45, 7) is 4.02. The summed E-state index contributed by atoms with van der Waals surface area (Å²) in [6.07, 6.45) is 4.65. The lowest BCUT2D eigenvalue weighted by Gasteiger charge is -2.05. The standard InChI is InChI=1S/C13H20O/c1-3-4-5-6-12-7-9-13(10-8-12)11(2)14/h7-11,14H,3-6H2,1-2H3/t11-/m1/s1. The van der Waals surface area contributed by atoms with Gasteiger partial charge in [0.15, 0.2) is 0 Å². The maximum Gasteiger partial charge on any atom is 0.0761 e. The summed E-state index contributed by atoms with van der Waals surface area (Å²) in [5.41, 5.74) is 2.38. The molecule has 0 aliphatic rings. The van der Waals surface area contributed by atoms with Gasteiger partial charge in [-0.15, -0.1) is 0 Å². The average molecular weight is 192 g/mol. The molecule has 0 radical (unpaired) electrons. The molecule has 0 saturated heterocycles. The molecule has 1 atom stereocenters. The van der Waals surface area contributed by atoms with Crippen molar-refractivity contribution in [2.24, 2.45) is 0 Å². The number of aliphatic hydroxyl groups excluding tert-OH is 1. The van der Waals surface area contributed by atoms with E-state index in [1.54, 1.807) is 6.92 Å². The van der Waals surface area contributed by atoms with Gasteiger partial charge in [0, 0.05) is 0 Å². The van der Waals surface area contributed by atoms with Crippen LogP contribution in [0.1, 0.15) is 50.3 Å². The van der Waals surface area contributed by atoms with E-state index in [0.29, 0.717) is 0 Å². The van der Waals surface area contributed by atoms with Crippen molar-refractivity contribution >= 4 is 0 Å². The normalized spacial score (nSPS) is 12.8. The van der Waals surface area contributed by atoms with E-state index in [0.717, 1.165) is 12.0 Å². The Morgan fingerprint density at radius 2 is 1.79 bits per heavy atom. The third kappa shape index (κ3) is 3.51. The van der Waals surface area contributed by atoms with Gasteiger partial charge in [-0.3, -0.25) is 0 Å². The second-order valence-electron chi connectivity index (χ2n) is 3.87. The maximum absolute atomic E-state index is 9.33. The van der Waals surface area contributed by atoms with E-state index in [1.165, 1.54) is 24.8 Å². The summed E-state index contributed by atoms with van der Waals surface area (Å²) in [7, 11) is 0. The van der Waals surface area contributed by atoms with Crippen LogP contribution in [0.5, 0.6) is 0 Å². The Kier molecular flexibility index (Phi) is 4.68. The highest BCUT2D eigenvalue weighted by Crippen LogP contribution is 2.14. The van der Waals surface area contributed by atoms with E-state index in [9.17, 15) is 5.11 Å². The van der Waals surface area contributed by atoms with Crippen LogP contribution in [0.3, 0.4) is 0 Å². The van der Waals surface area contributed by atoms with Crippen molar-refractivity contribution < 1.29 is 5.11 Å². The Balaban J connectivity index is 2.47. The first-order valence-corrected chi connectivity index (χ1v) is 5.51. The van der Waals surface area contributed by atoms with E-state index >= 15 is 0 Å². The monoisotopic (exact) mass is 192 g/mol. The van der Waals surface area contributed by atoms with Gasteiger partial charge in [0.25, 0.3) is 0 Å². The molecule has 0 aliphatic heterocycles. The Bertz CT molecular complexity index is 248. The van der Waals surface area contributed by atoms with Crippen LogP contribution in [0.25, 0.3) is 0 Å². The van der Waals surface area contributed by atoms with Crippen LogP contribution in [0.2, 0.25) is 0 Å². The quantitative estimate of drug-likeness (QED) is 0.708. The fourth-order valence-corrected chi connectivity index (χ4v) is 1.54. The molecule has 14 heavy (non-hydrogen) atoms. The third-order valence-corrected chi connectivity index (χ3v) is 2.53. The summed E-state index contributed by atoms with van der Waals surface area (Å²) >= 11 is 0. The molecule has 1 heteroatoms. The molecule has 1 nitrogen and oxygen atoms in total. The van der Waals surface area contributed by atoms with Gasteiger partial charge in [0.1, 0.15) is 0 Å². The number of hydrogen-bond acceptors (Lipinski definition) is 1. The summed E-state index contributed by atoms with van der Waals surface area (Å²) in [5.74, 6) is 0. The van der Waals surface area contributed by atoms with Gasteiger partial charge < -0.3 is 5.11 Å². The largest absolute Gasteiger partial charge is 0.389 e. The lowest BCUT2D eigenvalue weighted by atomic mass is 10.0. The van der Waals surface area contributed by atoms with E-state index in [1.807, 2.05) is 12.1 Å². The van der Waals surface area contributed by atoms with Crippen molar-refractivity contribution in [1.29, 1.82) is 0 Å². The van der Waals surface area contributed by atoms with Gasteiger partial charge in [0.2, 0.25) is 0 Å². The minimum Gasteiger partial charge on any atom is -0.389 e. The highest BCUT2D eigenvalue weighted by atomic mass is 16.3. The molecule has 0 fully saturated rings. The fourth-order valence-electron chi connectivity index (χ4n) is 1.54. The molecular weight excluding hydrogens is 172 g/mol. The highest BCUT2D eigenvalue weighted by Gasteiger charge is 1.99. The Labute approximate surface area is 86.8 Å². The first-order chi connectivity index (χ1) is 6.74. The molecular formula is C13H20O. The second kappa shape index (κ2) is 5.82. The molecule has 0 heterocycles. The number of benzene rings is 1. The Morgan fingerprint density at radius 1 is 1.14 bits per heavy atom. The predicted octanol–water partition coefficient (Wildman–Crippen LogP) is 3.47. The summed E-state index contributed by atoms with van der Waals surface area (Å²) < 4.78 is 0. The zero-order valence-corrected chi connectivity index (χ0v) is 9.16. The molecule has 1 rings (SSSR count). The van der Waals surface area contributed by atoms with Crippen LogP contribution in [0.15, 0.2) is 24.3 Å². The van der Waals surface area contributed by atoms with E-state index in [-0.39, 0.29) is 6.10 Å². The molecule has 0 aromatic heterocycles. The summed E-state index contributed by atoms with van der Waals surface area (Å²) in [4.78, 5) is 0. The molecule has 0 spiro atoms. The highest BCUT2D eigenvalue weighted by molar-refractivity contribution is 5.23. The number of aryl methyl sites for hydroxylation is 1. The van der Waals surface area contributed by atoms with E-state index in [2.05, 4.69) is 19.1 Å². The molecule has 0 amide bonds. The van der Waals surface area contributed by atoms with E-state index < -0.39 is 0 Å². The number of unbranched alkanes of at least 4 members (excludes halogenated alkanes) is 2. The molecule has 78 valence electrons. The van der Waals surface area contributed by atoms with Crippen molar-refractivity contribution in [3.63, 3.8) is 0 Å². The topological polar surface area (TPSA) is 20.2 Å². The molecule has 0 bridgehead atoms. The molecule has 1 aromatic carbocycles. The van der Waals surface area contributed by atoms with Crippen LogP contribution in [-0.2, 0) is 6.42 Å². The van der Waals surface area contributed by atoms with Crippen molar-refractivity contribution in [2.45, 2.75) is 45.6 Å². The fraction of sp³-hybridized carbons (Fsp3) is 0.538. The number of aliphatic hydroxyl groups is 1. The van der Waals surface area contributed by atoms with Gasteiger partial charge in [-0.2, -0.15) is 0 Å².